The minimum absolute atomic E-state index is 0.115. The molecule has 5 unspecified atom stereocenters. The molecule has 0 aromatic heterocycles. The van der Waals surface area contributed by atoms with Crippen LogP contribution in [0.25, 0.3) is 0 Å². The Morgan fingerprint density at radius 1 is 0.931 bits per heavy atom. The molecule has 4 aliphatic rings. The second kappa shape index (κ2) is 6.90. The second-order valence-electron chi connectivity index (χ2n) is 9.73. The third-order valence-corrected chi connectivity index (χ3v) is 8.20. The quantitative estimate of drug-likeness (QED) is 0.715. The van der Waals surface area contributed by atoms with Crippen LogP contribution in [0, 0.1) is 17.8 Å². The molecule has 1 amide bonds. The van der Waals surface area contributed by atoms with Crippen LogP contribution in [-0.2, 0) is 0 Å². The van der Waals surface area contributed by atoms with E-state index in [1.807, 2.05) is 6.07 Å². The Kier molecular flexibility index (Phi) is 4.18. The Morgan fingerprint density at radius 3 is 2.55 bits per heavy atom. The van der Waals surface area contributed by atoms with Crippen LogP contribution in [0.15, 0.2) is 48.5 Å². The van der Waals surface area contributed by atoms with Crippen molar-refractivity contribution in [3.8, 4) is 0 Å². The van der Waals surface area contributed by atoms with Crippen LogP contribution in [-0.4, -0.2) is 11.9 Å². The summed E-state index contributed by atoms with van der Waals surface area (Å²) in [5.41, 5.74) is 4.89. The molecule has 5 atom stereocenters. The highest BCUT2D eigenvalue weighted by molar-refractivity contribution is 5.95. The average Bonchev–Trinajstić information content (AvgIpc) is 3.51. The van der Waals surface area contributed by atoms with Crippen LogP contribution < -0.4 is 10.6 Å². The van der Waals surface area contributed by atoms with Gasteiger partial charge >= 0.3 is 0 Å². The first-order chi connectivity index (χ1) is 14.3. The molecule has 29 heavy (non-hydrogen) atoms. The van der Waals surface area contributed by atoms with E-state index < -0.39 is 0 Å². The predicted molar refractivity (Wildman–Crippen MR) is 116 cm³/mol. The van der Waals surface area contributed by atoms with Crippen molar-refractivity contribution in [1.29, 1.82) is 0 Å². The van der Waals surface area contributed by atoms with Gasteiger partial charge in [-0.2, -0.15) is 0 Å². The van der Waals surface area contributed by atoms with Crippen LogP contribution in [0.5, 0.6) is 0 Å². The zero-order valence-electron chi connectivity index (χ0n) is 16.9. The highest BCUT2D eigenvalue weighted by Gasteiger charge is 2.53. The molecule has 2 aromatic rings. The van der Waals surface area contributed by atoms with Crippen LogP contribution in [0.3, 0.4) is 0 Å². The molecule has 3 saturated carbocycles. The third kappa shape index (κ3) is 2.89. The topological polar surface area (TPSA) is 41.1 Å². The summed E-state index contributed by atoms with van der Waals surface area (Å²) in [6, 6.07) is 18.1. The molecule has 2 aromatic carbocycles. The van der Waals surface area contributed by atoms with Gasteiger partial charge in [0.2, 0.25) is 0 Å². The van der Waals surface area contributed by atoms with Gasteiger partial charge in [-0.15, -0.1) is 0 Å². The van der Waals surface area contributed by atoms with Crippen LogP contribution in [0.2, 0.25) is 0 Å². The Balaban J connectivity index is 1.35. The second-order valence-corrected chi connectivity index (χ2v) is 9.73. The van der Waals surface area contributed by atoms with Crippen molar-refractivity contribution in [3.63, 3.8) is 0 Å². The number of carbonyl (C=O) groups excluding carboxylic acids is 1. The third-order valence-electron chi connectivity index (χ3n) is 8.20. The molecule has 3 heteroatoms. The number of carbonyl (C=O) groups is 1. The normalized spacial score (nSPS) is 32.5. The van der Waals surface area contributed by atoms with E-state index in [0.717, 1.165) is 30.2 Å². The van der Waals surface area contributed by atoms with Gasteiger partial charge in [0.1, 0.15) is 0 Å². The monoisotopic (exact) mass is 386 g/mol. The lowest BCUT2D eigenvalue weighted by Crippen LogP contribution is -2.36. The van der Waals surface area contributed by atoms with Crippen molar-refractivity contribution in [2.24, 2.45) is 17.8 Å². The zero-order chi connectivity index (χ0) is 19.4. The van der Waals surface area contributed by atoms with E-state index in [1.54, 1.807) is 0 Å². The van der Waals surface area contributed by atoms with Gasteiger partial charge in [-0.25, -0.2) is 0 Å². The molecule has 6 rings (SSSR count). The van der Waals surface area contributed by atoms with Crippen LogP contribution in [0.4, 0.5) is 5.69 Å². The van der Waals surface area contributed by atoms with E-state index in [4.69, 9.17) is 0 Å². The van der Waals surface area contributed by atoms with Crippen molar-refractivity contribution in [2.75, 3.05) is 5.32 Å². The highest BCUT2D eigenvalue weighted by atomic mass is 16.1. The molecular formula is C26H30N2O. The zero-order valence-corrected chi connectivity index (χ0v) is 16.9. The highest BCUT2D eigenvalue weighted by Crippen LogP contribution is 2.63. The van der Waals surface area contributed by atoms with E-state index in [2.05, 4.69) is 53.1 Å². The predicted octanol–water partition coefficient (Wildman–Crippen LogP) is 5.66. The Bertz CT molecular complexity index is 918. The van der Waals surface area contributed by atoms with Crippen LogP contribution >= 0.6 is 0 Å². The molecule has 3 fully saturated rings. The minimum atomic E-state index is 0.115. The number of hydrogen-bond acceptors (Lipinski definition) is 2. The fraction of sp³-hybridized carbons (Fsp3) is 0.500. The number of benzene rings is 2. The first-order valence-electron chi connectivity index (χ1n) is 11.5. The Morgan fingerprint density at radius 2 is 1.72 bits per heavy atom. The molecule has 0 saturated heterocycles. The van der Waals surface area contributed by atoms with Gasteiger partial charge in [0, 0.05) is 17.3 Å². The fourth-order valence-corrected chi connectivity index (χ4v) is 6.96. The van der Waals surface area contributed by atoms with Gasteiger partial charge in [-0.1, -0.05) is 43.2 Å². The maximum absolute atomic E-state index is 12.9. The molecule has 0 radical (unpaired) electrons. The number of amides is 1. The van der Waals surface area contributed by atoms with Crippen molar-refractivity contribution in [1.82, 2.24) is 5.32 Å². The van der Waals surface area contributed by atoms with Crippen molar-refractivity contribution >= 4 is 11.6 Å². The largest absolute Gasteiger partial charge is 0.378 e. The molecule has 2 bridgehead atoms. The molecule has 3 aliphatic carbocycles. The summed E-state index contributed by atoms with van der Waals surface area (Å²) >= 11 is 0. The van der Waals surface area contributed by atoms with Gasteiger partial charge in [0.05, 0.1) is 6.04 Å². The smallest absolute Gasteiger partial charge is 0.251 e. The fourth-order valence-electron chi connectivity index (χ4n) is 6.96. The van der Waals surface area contributed by atoms with E-state index in [9.17, 15) is 4.79 Å². The van der Waals surface area contributed by atoms with Gasteiger partial charge in [0.15, 0.2) is 0 Å². The Hall–Kier alpha value is -2.29. The number of rotatable bonds is 3. The summed E-state index contributed by atoms with van der Waals surface area (Å²) in [5, 5.41) is 7.15. The van der Waals surface area contributed by atoms with Gasteiger partial charge < -0.3 is 10.6 Å². The first-order valence-corrected chi connectivity index (χ1v) is 11.5. The summed E-state index contributed by atoms with van der Waals surface area (Å²) in [6.45, 7) is 0. The lowest BCUT2D eigenvalue weighted by atomic mass is 9.68. The standard InChI is InChI=1S/C26H30N2O/c29-26(27-20-8-4-5-9-20)19-12-13-22-21(15-19)23-17-10-11-18(14-17)24(23)25(28-22)16-6-2-1-3-7-16/h1-3,6-7,12-13,15,17-18,20,23-25,28H,4-5,8-11,14H2,(H,27,29). The number of anilines is 1. The van der Waals surface area contributed by atoms with E-state index in [-0.39, 0.29) is 5.91 Å². The molecule has 150 valence electrons. The van der Waals surface area contributed by atoms with E-state index in [0.29, 0.717) is 23.9 Å². The SMILES string of the molecule is O=C(NC1CCCC1)c1ccc2c(c1)C1C3CCC(C3)C1C(c1ccccc1)N2. The van der Waals surface area contributed by atoms with Crippen LogP contribution in [0.1, 0.15) is 78.4 Å². The first kappa shape index (κ1) is 17.6. The molecule has 1 heterocycles. The summed E-state index contributed by atoms with van der Waals surface area (Å²) in [6.07, 6.45) is 8.83. The minimum Gasteiger partial charge on any atom is -0.378 e. The Labute approximate surface area is 173 Å². The van der Waals surface area contributed by atoms with Crippen molar-refractivity contribution < 1.29 is 4.79 Å². The number of nitrogens with one attached hydrogen (secondary N) is 2. The molecule has 3 nitrogen and oxygen atoms in total. The lowest BCUT2D eigenvalue weighted by molar-refractivity contribution is 0.0937. The van der Waals surface area contributed by atoms with Crippen molar-refractivity contribution in [3.05, 3.63) is 65.2 Å². The molecule has 2 N–H and O–H groups in total. The molecule has 1 aliphatic heterocycles. The maximum atomic E-state index is 12.9. The summed E-state index contributed by atoms with van der Waals surface area (Å²) in [5.74, 6) is 2.95. The summed E-state index contributed by atoms with van der Waals surface area (Å²) in [4.78, 5) is 12.9. The van der Waals surface area contributed by atoms with Gasteiger partial charge in [-0.05, 0) is 85.1 Å². The molecule has 0 spiro atoms. The lowest BCUT2D eigenvalue weighted by Gasteiger charge is -2.43. The van der Waals surface area contributed by atoms with E-state index in [1.165, 1.54) is 48.9 Å². The number of fused-ring (bicyclic) bond motifs is 7. The average molecular weight is 387 g/mol. The van der Waals surface area contributed by atoms with Crippen molar-refractivity contribution in [2.45, 2.75) is 62.9 Å². The van der Waals surface area contributed by atoms with Gasteiger partial charge in [0.25, 0.3) is 5.91 Å². The van der Waals surface area contributed by atoms with E-state index >= 15 is 0 Å². The summed E-state index contributed by atoms with van der Waals surface area (Å²) < 4.78 is 0. The van der Waals surface area contributed by atoms with Gasteiger partial charge in [-0.3, -0.25) is 4.79 Å². The maximum Gasteiger partial charge on any atom is 0.251 e. The molecular weight excluding hydrogens is 356 g/mol. The summed E-state index contributed by atoms with van der Waals surface area (Å²) in [7, 11) is 0. The number of hydrogen-bond donors (Lipinski definition) is 2.